The third-order valence-electron chi connectivity index (χ3n) is 3.63. The SMILES string of the molecule is Cn1cc(-c2cccc(-n3o[nH]c4nc(Cl)cnc4o3)c2Cl)c(C(N)=O)n1. The molecule has 0 unspecified atom stereocenters. The van der Waals surface area contributed by atoms with Crippen molar-refractivity contribution in [3.05, 3.63) is 46.5 Å². The average molecular weight is 408 g/mol. The molecule has 0 bridgehead atoms. The van der Waals surface area contributed by atoms with Gasteiger partial charge in [-0.25, -0.2) is 9.97 Å². The molecule has 3 N–H and O–H groups in total. The van der Waals surface area contributed by atoms with Gasteiger partial charge in [-0.05, 0) is 11.0 Å². The maximum absolute atomic E-state index is 11.7. The van der Waals surface area contributed by atoms with Gasteiger partial charge in [0.2, 0.25) is 5.65 Å². The van der Waals surface area contributed by atoms with Crippen molar-refractivity contribution >= 4 is 40.5 Å². The molecule has 138 valence electrons. The van der Waals surface area contributed by atoms with Crippen molar-refractivity contribution in [1.82, 2.24) is 29.8 Å². The molecule has 4 aromatic rings. The fraction of sp³-hybridized carbons (Fsp3) is 0.0667. The van der Waals surface area contributed by atoms with Crippen molar-refractivity contribution in [2.45, 2.75) is 0 Å². The molecule has 0 aliphatic rings. The predicted octanol–water partition coefficient (Wildman–Crippen LogP) is 2.87. The van der Waals surface area contributed by atoms with Crippen LogP contribution in [-0.2, 0) is 7.05 Å². The summed E-state index contributed by atoms with van der Waals surface area (Å²) in [6.07, 6.45) is 2.97. The van der Waals surface area contributed by atoms with Crippen molar-refractivity contribution in [3.8, 4) is 16.8 Å². The van der Waals surface area contributed by atoms with Gasteiger partial charge in [-0.2, -0.15) is 10.3 Å². The summed E-state index contributed by atoms with van der Waals surface area (Å²) < 4.78 is 12.3. The minimum Gasteiger partial charge on any atom is -0.364 e. The number of hydrogen-bond donors (Lipinski definition) is 2. The highest BCUT2D eigenvalue weighted by atomic mass is 35.5. The monoisotopic (exact) mass is 407 g/mol. The maximum Gasteiger partial charge on any atom is 0.296 e. The summed E-state index contributed by atoms with van der Waals surface area (Å²) in [5, 5.41) is 7.07. The Morgan fingerprint density at radius 2 is 2.11 bits per heavy atom. The van der Waals surface area contributed by atoms with Crippen molar-refractivity contribution in [2.75, 3.05) is 0 Å². The van der Waals surface area contributed by atoms with Crippen LogP contribution in [0.3, 0.4) is 0 Å². The highest BCUT2D eigenvalue weighted by Crippen LogP contribution is 2.34. The zero-order chi connectivity index (χ0) is 19.1. The summed E-state index contributed by atoms with van der Waals surface area (Å²) in [5.74, 6) is -0.666. The van der Waals surface area contributed by atoms with E-state index >= 15 is 0 Å². The number of H-pyrrole nitrogens is 1. The zero-order valence-corrected chi connectivity index (χ0v) is 15.2. The Labute approximate surface area is 160 Å². The summed E-state index contributed by atoms with van der Waals surface area (Å²) >= 11 is 12.3. The number of aromatic nitrogens is 6. The highest BCUT2D eigenvalue weighted by molar-refractivity contribution is 6.35. The summed E-state index contributed by atoms with van der Waals surface area (Å²) in [4.78, 5) is 20.7. The highest BCUT2D eigenvalue weighted by Gasteiger charge is 2.20. The molecule has 0 radical (unpaired) electrons. The van der Waals surface area contributed by atoms with E-state index in [0.29, 0.717) is 16.8 Å². The van der Waals surface area contributed by atoms with Gasteiger partial charge in [0.1, 0.15) is 10.8 Å². The topological polar surface area (TPSA) is 134 Å². The van der Waals surface area contributed by atoms with Gasteiger partial charge in [-0.3, -0.25) is 14.1 Å². The van der Waals surface area contributed by atoms with E-state index in [-0.39, 0.29) is 27.2 Å². The first-order valence-corrected chi connectivity index (χ1v) is 8.25. The van der Waals surface area contributed by atoms with E-state index in [1.807, 2.05) is 0 Å². The summed E-state index contributed by atoms with van der Waals surface area (Å²) in [6, 6.07) is 5.09. The van der Waals surface area contributed by atoms with Crippen LogP contribution >= 0.6 is 23.2 Å². The van der Waals surface area contributed by atoms with Crippen molar-refractivity contribution in [1.29, 1.82) is 0 Å². The molecule has 27 heavy (non-hydrogen) atoms. The van der Waals surface area contributed by atoms with Crippen LogP contribution in [0.25, 0.3) is 28.2 Å². The number of aryl methyl sites for hydroxylation is 1. The van der Waals surface area contributed by atoms with Gasteiger partial charge in [0, 0.05) is 24.4 Å². The van der Waals surface area contributed by atoms with Crippen LogP contribution in [0.15, 0.2) is 39.7 Å². The fourth-order valence-electron chi connectivity index (χ4n) is 2.51. The van der Waals surface area contributed by atoms with E-state index < -0.39 is 5.91 Å². The molecule has 0 atom stereocenters. The van der Waals surface area contributed by atoms with Crippen LogP contribution in [0, 0.1) is 0 Å². The number of primary amides is 1. The predicted molar refractivity (Wildman–Crippen MR) is 96.1 cm³/mol. The number of aromatic amines is 1. The lowest BCUT2D eigenvalue weighted by molar-refractivity contribution is 0.0714. The Hall–Kier alpha value is -3.24. The van der Waals surface area contributed by atoms with E-state index in [1.54, 1.807) is 31.4 Å². The van der Waals surface area contributed by atoms with E-state index in [4.69, 9.17) is 38.1 Å². The van der Waals surface area contributed by atoms with Crippen LogP contribution in [-0.4, -0.2) is 35.7 Å². The molecule has 0 spiro atoms. The first kappa shape index (κ1) is 17.2. The Bertz CT molecular complexity index is 1210. The van der Waals surface area contributed by atoms with Gasteiger partial charge in [0.25, 0.3) is 11.6 Å². The van der Waals surface area contributed by atoms with Crippen molar-refractivity contribution in [2.24, 2.45) is 12.8 Å². The number of nitrogens with zero attached hydrogens (tertiary/aromatic N) is 5. The molecule has 0 aliphatic carbocycles. The number of hydrogen-bond acceptors (Lipinski definition) is 6. The number of halogens is 2. The second-order valence-corrected chi connectivity index (χ2v) is 6.22. The normalized spacial score (nSPS) is 11.1. The minimum atomic E-state index is -0.666. The average Bonchev–Trinajstić information content (AvgIpc) is 3.03. The Morgan fingerprint density at radius 1 is 1.30 bits per heavy atom. The second-order valence-electron chi connectivity index (χ2n) is 5.46. The number of rotatable bonds is 3. The zero-order valence-electron chi connectivity index (χ0n) is 13.7. The Morgan fingerprint density at radius 3 is 2.89 bits per heavy atom. The number of carbonyl (C=O) groups is 1. The maximum atomic E-state index is 11.7. The molecule has 0 fully saturated rings. The summed E-state index contributed by atoms with van der Waals surface area (Å²) in [6.45, 7) is 0. The third kappa shape index (κ3) is 3.04. The number of amides is 1. The molecule has 0 saturated carbocycles. The molecule has 3 aromatic heterocycles. The van der Waals surface area contributed by atoms with Gasteiger partial charge < -0.3 is 10.3 Å². The first-order chi connectivity index (χ1) is 12.9. The van der Waals surface area contributed by atoms with Crippen LogP contribution in [0.2, 0.25) is 10.2 Å². The molecule has 0 aliphatic heterocycles. The molecule has 10 nitrogen and oxygen atoms in total. The van der Waals surface area contributed by atoms with Crippen LogP contribution in [0.4, 0.5) is 0 Å². The lowest BCUT2D eigenvalue weighted by Gasteiger charge is -2.09. The minimum absolute atomic E-state index is 0.0982. The van der Waals surface area contributed by atoms with Crippen LogP contribution in [0.5, 0.6) is 0 Å². The molecule has 3 heterocycles. The largest absolute Gasteiger partial charge is 0.364 e. The Balaban J connectivity index is 1.88. The van der Waals surface area contributed by atoms with E-state index in [0.717, 1.165) is 4.91 Å². The smallest absolute Gasteiger partial charge is 0.296 e. The summed E-state index contributed by atoms with van der Waals surface area (Å²) in [7, 11) is 1.68. The number of benzene rings is 1. The number of fused-ring (bicyclic) bond motifs is 1. The molecular weight excluding hydrogens is 397 g/mol. The standard InChI is InChI=1S/C15H11Cl2N7O3/c1-23-6-8(12(21-23)13(18)25)7-3-2-4-9(11(7)17)24-26-15-14(22-27-24)20-10(16)5-19-15/h2-6H,1H3,(H2,18,25)(H,20,22). The van der Waals surface area contributed by atoms with E-state index in [9.17, 15) is 4.79 Å². The number of nitrogens with one attached hydrogen (secondary N) is 1. The van der Waals surface area contributed by atoms with Crippen molar-refractivity contribution in [3.63, 3.8) is 0 Å². The van der Waals surface area contributed by atoms with Crippen LogP contribution in [0.1, 0.15) is 10.5 Å². The van der Waals surface area contributed by atoms with Crippen molar-refractivity contribution < 1.29 is 13.9 Å². The molecule has 1 amide bonds. The van der Waals surface area contributed by atoms with Gasteiger partial charge >= 0.3 is 0 Å². The quantitative estimate of drug-likeness (QED) is 0.536. The Kier molecular flexibility index (Phi) is 4.13. The van der Waals surface area contributed by atoms with E-state index in [1.165, 1.54) is 10.9 Å². The molecular formula is C15H11Cl2N7O3. The lowest BCUT2D eigenvalue weighted by Crippen LogP contribution is -2.13. The van der Waals surface area contributed by atoms with Gasteiger partial charge in [-0.1, -0.05) is 35.3 Å². The lowest BCUT2D eigenvalue weighted by atomic mass is 10.1. The number of carbonyl (C=O) groups excluding carboxylic acids is 1. The summed E-state index contributed by atoms with van der Waals surface area (Å²) in [5.41, 5.74) is 7.22. The third-order valence-corrected chi connectivity index (χ3v) is 4.21. The second kappa shape index (κ2) is 6.49. The number of nitrogens with two attached hydrogens (primary N) is 1. The first-order valence-electron chi connectivity index (χ1n) is 7.50. The van der Waals surface area contributed by atoms with Crippen LogP contribution < -0.4 is 5.73 Å². The van der Waals surface area contributed by atoms with E-state index in [2.05, 4.69) is 20.2 Å². The van der Waals surface area contributed by atoms with Gasteiger partial charge in [-0.15, -0.1) is 0 Å². The molecule has 4 rings (SSSR count). The van der Waals surface area contributed by atoms with Gasteiger partial charge in [0.15, 0.2) is 5.69 Å². The van der Waals surface area contributed by atoms with Gasteiger partial charge in [0.05, 0.1) is 11.2 Å². The molecule has 0 saturated heterocycles. The fourth-order valence-corrected chi connectivity index (χ4v) is 2.94. The molecule has 12 heteroatoms. The molecule has 1 aromatic carbocycles.